The van der Waals surface area contributed by atoms with E-state index in [2.05, 4.69) is 33.1 Å². The first-order chi connectivity index (χ1) is 15.9. The number of aromatic carboxylic acids is 1. The standard InChI is InChI=1S/C24H21IN2O6/c1-31-21-12-18(8-9-19(21)25)23(28)27-26-13-16-5-10-20(22(11-16)32-2)33-14-15-3-6-17(7-4-15)24(29)30/h3-13H,14H2,1-2H3,(H,27,28)(H,29,30)/b26-13-. The summed E-state index contributed by atoms with van der Waals surface area (Å²) in [5, 5.41) is 13.0. The summed E-state index contributed by atoms with van der Waals surface area (Å²) in [5.74, 6) is 0.296. The third kappa shape index (κ3) is 6.45. The van der Waals surface area contributed by atoms with Crippen molar-refractivity contribution in [2.75, 3.05) is 14.2 Å². The molecule has 0 saturated carbocycles. The maximum atomic E-state index is 12.3. The second-order valence-electron chi connectivity index (χ2n) is 6.75. The van der Waals surface area contributed by atoms with Crippen molar-refractivity contribution in [3.05, 3.63) is 86.5 Å². The fraction of sp³-hybridized carbons (Fsp3) is 0.125. The minimum Gasteiger partial charge on any atom is -0.496 e. The van der Waals surface area contributed by atoms with Crippen molar-refractivity contribution >= 4 is 40.7 Å². The van der Waals surface area contributed by atoms with Gasteiger partial charge in [-0.15, -0.1) is 0 Å². The van der Waals surface area contributed by atoms with E-state index >= 15 is 0 Å². The lowest BCUT2D eigenvalue weighted by Gasteiger charge is -2.11. The van der Waals surface area contributed by atoms with Gasteiger partial charge in [0, 0.05) is 5.56 Å². The van der Waals surface area contributed by atoms with Crippen LogP contribution in [0.2, 0.25) is 0 Å². The van der Waals surface area contributed by atoms with Gasteiger partial charge in [0.05, 0.1) is 29.6 Å². The summed E-state index contributed by atoms with van der Waals surface area (Å²) >= 11 is 2.13. The molecule has 170 valence electrons. The van der Waals surface area contributed by atoms with E-state index < -0.39 is 5.97 Å². The molecule has 8 nitrogen and oxygen atoms in total. The van der Waals surface area contributed by atoms with Crippen LogP contribution < -0.4 is 19.6 Å². The molecule has 0 aliphatic heterocycles. The average Bonchev–Trinajstić information content (AvgIpc) is 2.83. The second-order valence-corrected chi connectivity index (χ2v) is 7.91. The van der Waals surface area contributed by atoms with E-state index in [4.69, 9.17) is 19.3 Å². The van der Waals surface area contributed by atoms with Gasteiger partial charge in [-0.1, -0.05) is 12.1 Å². The van der Waals surface area contributed by atoms with Crippen LogP contribution in [0.4, 0.5) is 0 Å². The van der Waals surface area contributed by atoms with Crippen molar-refractivity contribution < 1.29 is 28.9 Å². The Kier molecular flexibility index (Phi) is 8.25. The van der Waals surface area contributed by atoms with Gasteiger partial charge in [-0.3, -0.25) is 4.79 Å². The van der Waals surface area contributed by atoms with Gasteiger partial charge >= 0.3 is 5.97 Å². The maximum Gasteiger partial charge on any atom is 0.335 e. The van der Waals surface area contributed by atoms with Crippen molar-refractivity contribution in [3.63, 3.8) is 0 Å². The molecule has 2 N–H and O–H groups in total. The number of benzene rings is 3. The van der Waals surface area contributed by atoms with Crippen molar-refractivity contribution in [3.8, 4) is 17.2 Å². The smallest absolute Gasteiger partial charge is 0.335 e. The summed E-state index contributed by atoms with van der Waals surface area (Å²) in [4.78, 5) is 23.3. The molecule has 0 atom stereocenters. The van der Waals surface area contributed by atoms with Gasteiger partial charge in [0.15, 0.2) is 11.5 Å². The molecule has 1 amide bonds. The Morgan fingerprint density at radius 1 is 0.939 bits per heavy atom. The SMILES string of the molecule is COc1cc(C(=O)N/N=C\c2ccc(OCc3ccc(C(=O)O)cc3)c(OC)c2)ccc1I. The topological polar surface area (TPSA) is 106 Å². The Morgan fingerprint density at radius 2 is 1.64 bits per heavy atom. The van der Waals surface area contributed by atoms with Crippen LogP contribution in [0.1, 0.15) is 31.8 Å². The Labute approximate surface area is 204 Å². The van der Waals surface area contributed by atoms with Crippen LogP contribution in [0, 0.1) is 3.57 Å². The monoisotopic (exact) mass is 560 g/mol. The molecule has 0 radical (unpaired) electrons. The summed E-state index contributed by atoms with van der Waals surface area (Å²) in [6, 6.07) is 16.8. The van der Waals surface area contributed by atoms with E-state index in [1.54, 1.807) is 55.6 Å². The summed E-state index contributed by atoms with van der Waals surface area (Å²) < 4.78 is 17.3. The number of halogens is 1. The first kappa shape index (κ1) is 24.1. The second kappa shape index (κ2) is 11.3. The van der Waals surface area contributed by atoms with Crippen molar-refractivity contribution in [1.82, 2.24) is 5.43 Å². The number of carbonyl (C=O) groups is 2. The van der Waals surface area contributed by atoms with Crippen LogP contribution in [0.25, 0.3) is 0 Å². The van der Waals surface area contributed by atoms with E-state index in [-0.39, 0.29) is 18.1 Å². The summed E-state index contributed by atoms with van der Waals surface area (Å²) in [6.07, 6.45) is 1.50. The number of nitrogens with one attached hydrogen (secondary N) is 1. The molecule has 3 aromatic carbocycles. The Balaban J connectivity index is 1.62. The lowest BCUT2D eigenvalue weighted by atomic mass is 10.1. The normalized spacial score (nSPS) is 10.6. The molecule has 0 heterocycles. The number of hydrogen-bond acceptors (Lipinski definition) is 6. The molecular weight excluding hydrogens is 539 g/mol. The third-order valence-electron chi connectivity index (χ3n) is 4.58. The van der Waals surface area contributed by atoms with Crippen LogP contribution in [0.15, 0.2) is 65.8 Å². The lowest BCUT2D eigenvalue weighted by molar-refractivity contribution is 0.0696. The van der Waals surface area contributed by atoms with Gasteiger partial charge in [0.2, 0.25) is 0 Å². The number of carboxylic acid groups (broad SMARTS) is 1. The first-order valence-electron chi connectivity index (χ1n) is 9.71. The zero-order chi connectivity index (χ0) is 23.8. The number of carbonyl (C=O) groups excluding carboxylic acids is 1. The molecule has 0 spiro atoms. The molecule has 9 heteroatoms. The minimum absolute atomic E-state index is 0.216. The molecule has 3 rings (SSSR count). The molecule has 0 unspecified atom stereocenters. The van der Waals surface area contributed by atoms with E-state index in [9.17, 15) is 9.59 Å². The quantitative estimate of drug-likeness (QED) is 0.229. The van der Waals surface area contributed by atoms with E-state index in [1.165, 1.54) is 25.5 Å². The number of carboxylic acids is 1. The Bertz CT molecular complexity index is 1180. The van der Waals surface area contributed by atoms with Crippen LogP contribution in [0.3, 0.4) is 0 Å². The average molecular weight is 560 g/mol. The lowest BCUT2D eigenvalue weighted by Crippen LogP contribution is -2.17. The fourth-order valence-corrected chi connectivity index (χ4v) is 3.38. The van der Waals surface area contributed by atoms with Gasteiger partial charge < -0.3 is 19.3 Å². The first-order valence-corrected chi connectivity index (χ1v) is 10.8. The minimum atomic E-state index is -0.976. The molecule has 3 aromatic rings. The number of amides is 1. The third-order valence-corrected chi connectivity index (χ3v) is 5.47. The van der Waals surface area contributed by atoms with Crippen LogP contribution >= 0.6 is 22.6 Å². The molecule has 0 aliphatic carbocycles. The summed E-state index contributed by atoms with van der Waals surface area (Å²) in [7, 11) is 3.07. The van der Waals surface area contributed by atoms with Gasteiger partial charge in [-0.2, -0.15) is 5.10 Å². The van der Waals surface area contributed by atoms with Crippen molar-refractivity contribution in [1.29, 1.82) is 0 Å². The zero-order valence-corrected chi connectivity index (χ0v) is 20.0. The van der Waals surface area contributed by atoms with Crippen molar-refractivity contribution in [2.45, 2.75) is 6.61 Å². The number of rotatable bonds is 9. The predicted octanol–water partition coefficient (Wildman–Crippen LogP) is 4.35. The fourth-order valence-electron chi connectivity index (χ4n) is 2.82. The van der Waals surface area contributed by atoms with Gasteiger partial charge in [0.1, 0.15) is 12.4 Å². The highest BCUT2D eigenvalue weighted by atomic mass is 127. The highest BCUT2D eigenvalue weighted by Gasteiger charge is 2.09. The number of ether oxygens (including phenoxy) is 3. The molecule has 0 fully saturated rings. The Morgan fingerprint density at radius 3 is 2.30 bits per heavy atom. The van der Waals surface area contributed by atoms with E-state index in [0.29, 0.717) is 28.4 Å². The Hall–Kier alpha value is -3.60. The van der Waals surface area contributed by atoms with E-state index in [1.807, 2.05) is 0 Å². The highest BCUT2D eigenvalue weighted by Crippen LogP contribution is 2.28. The molecule has 0 aliphatic rings. The number of hydrogen-bond donors (Lipinski definition) is 2. The van der Waals surface area contributed by atoms with Gasteiger partial charge in [-0.05, 0) is 82.2 Å². The molecule has 0 aromatic heterocycles. The van der Waals surface area contributed by atoms with Gasteiger partial charge in [-0.25, -0.2) is 10.2 Å². The van der Waals surface area contributed by atoms with Crippen LogP contribution in [-0.4, -0.2) is 37.4 Å². The maximum absolute atomic E-state index is 12.3. The molecule has 0 saturated heterocycles. The van der Waals surface area contributed by atoms with E-state index in [0.717, 1.165) is 9.13 Å². The predicted molar refractivity (Wildman–Crippen MR) is 131 cm³/mol. The molecule has 33 heavy (non-hydrogen) atoms. The molecule has 0 bridgehead atoms. The summed E-state index contributed by atoms with van der Waals surface area (Å²) in [6.45, 7) is 0.249. The number of methoxy groups -OCH3 is 2. The highest BCUT2D eigenvalue weighted by molar-refractivity contribution is 14.1. The molecular formula is C24H21IN2O6. The van der Waals surface area contributed by atoms with Crippen LogP contribution in [-0.2, 0) is 6.61 Å². The van der Waals surface area contributed by atoms with Crippen LogP contribution in [0.5, 0.6) is 17.2 Å². The van der Waals surface area contributed by atoms with Gasteiger partial charge in [0.25, 0.3) is 5.91 Å². The number of hydrazone groups is 1. The number of nitrogens with zero attached hydrogens (tertiary/aromatic N) is 1. The zero-order valence-electron chi connectivity index (χ0n) is 17.9. The largest absolute Gasteiger partial charge is 0.496 e. The van der Waals surface area contributed by atoms with Crippen molar-refractivity contribution in [2.24, 2.45) is 5.10 Å². The summed E-state index contributed by atoms with van der Waals surface area (Å²) in [5.41, 5.74) is 4.66.